The summed E-state index contributed by atoms with van der Waals surface area (Å²) in [5, 5.41) is 3.39. The molecule has 1 N–H and O–H groups in total. The maximum absolute atomic E-state index is 12.2. The first-order valence-electron chi connectivity index (χ1n) is 7.47. The van der Waals surface area contributed by atoms with E-state index in [1.807, 2.05) is 6.92 Å². The number of allylic oxidation sites excluding steroid dienone is 2. The molecule has 3 heteroatoms. The van der Waals surface area contributed by atoms with Crippen LogP contribution in [0.4, 0.5) is 5.69 Å². The largest absolute Gasteiger partial charge is 0.464 e. The van der Waals surface area contributed by atoms with Gasteiger partial charge in [0.2, 0.25) is 0 Å². The molecule has 3 unspecified atom stereocenters. The number of hydrogen-bond donors (Lipinski definition) is 1. The van der Waals surface area contributed by atoms with Gasteiger partial charge >= 0.3 is 5.97 Å². The first kappa shape index (κ1) is 13.2. The predicted octanol–water partition coefficient (Wildman–Crippen LogP) is 3.27. The Morgan fingerprint density at radius 3 is 3.00 bits per heavy atom. The number of nitrogens with one attached hydrogen (secondary N) is 1. The van der Waals surface area contributed by atoms with E-state index in [9.17, 15) is 4.79 Å². The molecule has 2 aliphatic rings. The predicted molar refractivity (Wildman–Crippen MR) is 79.9 cm³/mol. The summed E-state index contributed by atoms with van der Waals surface area (Å²) in [7, 11) is 0. The number of carbonyl (C=O) groups is 1. The monoisotopic (exact) mass is 271 g/mol. The van der Waals surface area contributed by atoms with Gasteiger partial charge in [0.25, 0.3) is 0 Å². The molecule has 0 aromatic heterocycles. The Labute approximate surface area is 120 Å². The first-order valence-corrected chi connectivity index (χ1v) is 7.47. The second kappa shape index (κ2) is 5.31. The minimum Gasteiger partial charge on any atom is -0.464 e. The lowest BCUT2D eigenvalue weighted by molar-refractivity contribution is -0.145. The summed E-state index contributed by atoms with van der Waals surface area (Å²) in [6.07, 6.45) is 6.42. The summed E-state index contributed by atoms with van der Waals surface area (Å²) in [6, 6.07) is 6.28. The average molecular weight is 271 g/mol. The summed E-state index contributed by atoms with van der Waals surface area (Å²) in [6.45, 7) is 4.46. The summed E-state index contributed by atoms with van der Waals surface area (Å²) in [5.74, 6) is 0.497. The molecule has 1 aliphatic carbocycles. The molecule has 1 aliphatic heterocycles. The molecule has 0 spiro atoms. The Morgan fingerprint density at radius 1 is 1.40 bits per heavy atom. The third-order valence-corrected chi connectivity index (χ3v) is 4.38. The van der Waals surface area contributed by atoms with Crippen molar-refractivity contribution in [2.75, 3.05) is 11.9 Å². The Balaban J connectivity index is 1.96. The van der Waals surface area contributed by atoms with E-state index in [4.69, 9.17) is 4.74 Å². The minimum atomic E-state index is -0.227. The van der Waals surface area contributed by atoms with Crippen LogP contribution >= 0.6 is 0 Å². The van der Waals surface area contributed by atoms with Crippen molar-refractivity contribution in [3.63, 3.8) is 0 Å². The van der Waals surface area contributed by atoms with Gasteiger partial charge in [0.1, 0.15) is 6.04 Å². The highest BCUT2D eigenvalue weighted by Gasteiger charge is 2.41. The third-order valence-electron chi connectivity index (χ3n) is 4.38. The van der Waals surface area contributed by atoms with Crippen molar-refractivity contribution >= 4 is 11.7 Å². The van der Waals surface area contributed by atoms with Crippen molar-refractivity contribution in [2.45, 2.75) is 38.6 Å². The van der Waals surface area contributed by atoms with Gasteiger partial charge in [-0.2, -0.15) is 0 Å². The smallest absolute Gasteiger partial charge is 0.328 e. The summed E-state index contributed by atoms with van der Waals surface area (Å²) < 4.78 is 5.22. The van der Waals surface area contributed by atoms with Crippen LogP contribution in [-0.4, -0.2) is 18.6 Å². The Hall–Kier alpha value is -1.77. The van der Waals surface area contributed by atoms with Crippen molar-refractivity contribution in [3.05, 3.63) is 41.5 Å². The van der Waals surface area contributed by atoms with E-state index >= 15 is 0 Å². The maximum Gasteiger partial charge on any atom is 0.328 e. The van der Waals surface area contributed by atoms with Crippen LogP contribution in [0.25, 0.3) is 0 Å². The number of anilines is 1. The highest BCUT2D eigenvalue weighted by Crippen LogP contribution is 2.45. The molecule has 0 fully saturated rings. The first-order chi connectivity index (χ1) is 9.74. The van der Waals surface area contributed by atoms with Crippen LogP contribution in [0, 0.1) is 5.92 Å². The molecule has 3 nitrogen and oxygen atoms in total. The normalized spacial score (nSPS) is 26.6. The van der Waals surface area contributed by atoms with Crippen LogP contribution in [0.3, 0.4) is 0 Å². The lowest BCUT2D eigenvalue weighted by Crippen LogP contribution is -2.43. The maximum atomic E-state index is 12.2. The molecule has 3 rings (SSSR count). The van der Waals surface area contributed by atoms with Gasteiger partial charge in [0.15, 0.2) is 0 Å². The van der Waals surface area contributed by atoms with E-state index in [0.29, 0.717) is 12.5 Å². The van der Waals surface area contributed by atoms with Gasteiger partial charge in [-0.1, -0.05) is 31.2 Å². The lowest BCUT2D eigenvalue weighted by Gasteiger charge is -2.35. The van der Waals surface area contributed by atoms with Gasteiger partial charge in [-0.25, -0.2) is 4.79 Å². The fourth-order valence-electron chi connectivity index (χ4n) is 3.33. The fraction of sp³-hybridized carbons (Fsp3) is 0.471. The Morgan fingerprint density at radius 2 is 2.25 bits per heavy atom. The van der Waals surface area contributed by atoms with Crippen molar-refractivity contribution < 1.29 is 9.53 Å². The standard InChI is InChI=1S/C17H21NO2/c1-3-11-8-9-15-14(10-11)12-6-5-7-13(12)16(18-15)17(19)20-4-2/h5-6,8-10,12-13,16,18H,3-4,7H2,1-2H3. The topological polar surface area (TPSA) is 38.3 Å². The Bertz CT molecular complexity index is 550. The molecular formula is C17H21NO2. The fourth-order valence-corrected chi connectivity index (χ4v) is 3.33. The van der Waals surface area contributed by atoms with E-state index in [1.165, 1.54) is 11.1 Å². The van der Waals surface area contributed by atoms with E-state index in [2.05, 4.69) is 42.6 Å². The second-order valence-corrected chi connectivity index (χ2v) is 5.50. The zero-order chi connectivity index (χ0) is 14.1. The zero-order valence-corrected chi connectivity index (χ0v) is 12.1. The molecule has 0 saturated heterocycles. The van der Waals surface area contributed by atoms with E-state index in [0.717, 1.165) is 18.5 Å². The molecular weight excluding hydrogens is 250 g/mol. The van der Waals surface area contributed by atoms with E-state index in [1.54, 1.807) is 0 Å². The number of ether oxygens (including phenoxy) is 1. The van der Waals surface area contributed by atoms with Crippen LogP contribution in [0.2, 0.25) is 0 Å². The van der Waals surface area contributed by atoms with Crippen LogP contribution in [0.15, 0.2) is 30.4 Å². The van der Waals surface area contributed by atoms with Crippen molar-refractivity contribution in [3.8, 4) is 0 Å². The number of carbonyl (C=O) groups excluding carboxylic acids is 1. The zero-order valence-electron chi connectivity index (χ0n) is 12.1. The number of fused-ring (bicyclic) bond motifs is 3. The Kier molecular flexibility index (Phi) is 3.51. The molecule has 1 aromatic carbocycles. The molecule has 1 aromatic rings. The van der Waals surface area contributed by atoms with Gasteiger partial charge in [-0.3, -0.25) is 0 Å². The van der Waals surface area contributed by atoms with Gasteiger partial charge in [-0.05, 0) is 37.0 Å². The molecule has 0 bridgehead atoms. The minimum absolute atomic E-state index is 0.128. The molecule has 0 radical (unpaired) electrons. The number of hydrogen-bond acceptors (Lipinski definition) is 3. The molecule has 1 heterocycles. The number of rotatable bonds is 3. The highest BCUT2D eigenvalue weighted by atomic mass is 16.5. The van der Waals surface area contributed by atoms with Crippen LogP contribution in [0.5, 0.6) is 0 Å². The molecule has 3 atom stereocenters. The summed E-state index contributed by atoms with van der Waals surface area (Å²) in [4.78, 5) is 12.2. The highest BCUT2D eigenvalue weighted by molar-refractivity contribution is 5.82. The summed E-state index contributed by atoms with van der Waals surface area (Å²) >= 11 is 0. The number of benzene rings is 1. The van der Waals surface area contributed by atoms with Crippen LogP contribution in [-0.2, 0) is 16.0 Å². The molecule has 20 heavy (non-hydrogen) atoms. The van der Waals surface area contributed by atoms with Crippen LogP contribution < -0.4 is 5.32 Å². The van der Waals surface area contributed by atoms with Crippen molar-refractivity contribution in [1.29, 1.82) is 0 Å². The van der Waals surface area contributed by atoms with Crippen molar-refractivity contribution in [1.82, 2.24) is 0 Å². The quantitative estimate of drug-likeness (QED) is 0.677. The molecule has 106 valence electrons. The second-order valence-electron chi connectivity index (χ2n) is 5.50. The summed E-state index contributed by atoms with van der Waals surface area (Å²) in [5.41, 5.74) is 3.75. The SMILES string of the molecule is CCOC(=O)C1Nc2ccc(CC)cc2C2C=CCC12. The average Bonchev–Trinajstić information content (AvgIpc) is 2.95. The number of aryl methyl sites for hydroxylation is 1. The van der Waals surface area contributed by atoms with Gasteiger partial charge < -0.3 is 10.1 Å². The third kappa shape index (κ3) is 2.11. The lowest BCUT2D eigenvalue weighted by atomic mass is 9.79. The number of esters is 1. The van der Waals surface area contributed by atoms with Gasteiger partial charge in [-0.15, -0.1) is 0 Å². The van der Waals surface area contributed by atoms with E-state index in [-0.39, 0.29) is 17.9 Å². The molecule has 0 saturated carbocycles. The van der Waals surface area contributed by atoms with Crippen LogP contribution in [0.1, 0.15) is 37.3 Å². The molecule has 0 amide bonds. The van der Waals surface area contributed by atoms with Gasteiger partial charge in [0, 0.05) is 17.5 Å². The van der Waals surface area contributed by atoms with E-state index < -0.39 is 0 Å². The van der Waals surface area contributed by atoms with Crippen molar-refractivity contribution in [2.24, 2.45) is 5.92 Å². The van der Waals surface area contributed by atoms with Gasteiger partial charge in [0.05, 0.1) is 6.61 Å².